The van der Waals surface area contributed by atoms with E-state index >= 15 is 0 Å². The van der Waals surface area contributed by atoms with Gasteiger partial charge in [-0.3, -0.25) is 9.83 Å². The molecule has 0 spiro atoms. The minimum atomic E-state index is -0.296. The van der Waals surface area contributed by atoms with Gasteiger partial charge in [-0.25, -0.2) is 13.9 Å². The molecule has 1 heterocycles. The first-order valence-corrected chi connectivity index (χ1v) is 10.0. The Hall–Kier alpha value is -1.87. The molecule has 3 aromatic rings. The maximum Gasteiger partial charge on any atom is 0.160 e. The molecular weight excluding hydrogens is 527 g/mol. The highest BCUT2D eigenvalue weighted by molar-refractivity contribution is 14.1. The number of nitrogens with zero attached hydrogens (tertiary/aromatic N) is 3. The molecule has 0 saturated carbocycles. The fourth-order valence-corrected chi connectivity index (χ4v) is 3.66. The lowest BCUT2D eigenvalue weighted by molar-refractivity contribution is 0.116. The number of hydrogen-bond acceptors (Lipinski definition) is 4. The minimum Gasteiger partial charge on any atom is -0.262 e. The summed E-state index contributed by atoms with van der Waals surface area (Å²) >= 11 is 8.79. The van der Waals surface area contributed by atoms with Crippen LogP contribution in [0.25, 0.3) is 5.82 Å². The Bertz CT molecular complexity index is 1110. The fourth-order valence-electron chi connectivity index (χ4n) is 2.96. The molecule has 0 unspecified atom stereocenters. The van der Waals surface area contributed by atoms with Crippen molar-refractivity contribution < 1.29 is 9.23 Å². The maximum absolute atomic E-state index is 13.6. The van der Waals surface area contributed by atoms with Crippen LogP contribution in [0, 0.1) is 9.39 Å². The molecule has 4 nitrogen and oxygen atoms in total. The quantitative estimate of drug-likeness (QED) is 0.267. The summed E-state index contributed by atoms with van der Waals surface area (Å²) in [5.74, 6) is 0.378. The lowest BCUT2D eigenvalue weighted by Gasteiger charge is -2.31. The van der Waals surface area contributed by atoms with E-state index in [0.717, 1.165) is 25.4 Å². The highest BCUT2D eigenvalue weighted by atomic mass is 127. The summed E-state index contributed by atoms with van der Waals surface area (Å²) < 4.78 is 16.1. The number of hydrogen-bond donors (Lipinski definition) is 0. The molecule has 0 aromatic heterocycles. The number of fused-ring (bicyclic) bond motifs is 1. The molecule has 1 aliphatic heterocycles. The highest BCUT2D eigenvalue weighted by Gasteiger charge is 2.22. The van der Waals surface area contributed by atoms with Crippen LogP contribution >= 0.6 is 46.8 Å². The first-order valence-electron chi connectivity index (χ1n) is 8.62. The van der Waals surface area contributed by atoms with E-state index in [1.54, 1.807) is 11.1 Å². The van der Waals surface area contributed by atoms with Gasteiger partial charge in [-0.15, -0.1) is 12.4 Å². The van der Waals surface area contributed by atoms with Crippen molar-refractivity contribution >= 4 is 58.3 Å². The predicted octanol–water partition coefficient (Wildman–Crippen LogP) is 4.60. The number of halogens is 4. The number of benzene rings is 3. The Morgan fingerprint density at radius 1 is 1.07 bits per heavy atom. The zero-order valence-corrected chi connectivity index (χ0v) is 18.9. The Morgan fingerprint density at radius 2 is 1.86 bits per heavy atom. The zero-order valence-electron chi connectivity index (χ0n) is 15.1. The molecule has 0 atom stereocenters. The van der Waals surface area contributed by atoms with Crippen LogP contribution in [0.4, 0.5) is 10.1 Å². The number of hydroxylamine groups is 1. The van der Waals surface area contributed by atoms with Crippen molar-refractivity contribution in [3.63, 3.8) is 0 Å². The van der Waals surface area contributed by atoms with Gasteiger partial charge in [0, 0.05) is 20.6 Å². The smallest absolute Gasteiger partial charge is 0.160 e. The van der Waals surface area contributed by atoms with Crippen molar-refractivity contribution in [1.82, 2.24) is 4.42 Å². The SMILES string of the molecule is Cl.Fc1cccc(CON(C2=c3cc(I)ccc3=NCN2Cl)c2ccccc2)c1. The van der Waals surface area contributed by atoms with E-state index in [1.165, 1.54) is 16.6 Å². The van der Waals surface area contributed by atoms with Crippen LogP contribution in [0.1, 0.15) is 5.56 Å². The second kappa shape index (κ2) is 9.75. The van der Waals surface area contributed by atoms with Crippen LogP contribution in [0.15, 0.2) is 77.8 Å². The van der Waals surface area contributed by atoms with Crippen LogP contribution in [-0.2, 0) is 11.4 Å². The topological polar surface area (TPSA) is 28.1 Å². The summed E-state index contributed by atoms with van der Waals surface area (Å²) in [5.41, 5.74) is 1.54. The van der Waals surface area contributed by atoms with E-state index in [4.69, 9.17) is 16.6 Å². The van der Waals surface area contributed by atoms with Gasteiger partial charge >= 0.3 is 0 Å². The van der Waals surface area contributed by atoms with Gasteiger partial charge in [0.25, 0.3) is 0 Å². The Balaban J connectivity index is 0.00000240. The fraction of sp³-hybridized carbons (Fsp3) is 0.0952. The number of para-hydroxylation sites is 1. The monoisotopic (exact) mass is 543 g/mol. The standard InChI is InChI=1S/C21H16ClFIN3O.ClH/c22-26-14-25-20-10-9-17(24)12-19(20)21(26)27(18-7-2-1-3-8-18)28-13-15-5-4-6-16(23)11-15;/h1-12H,13-14H2;1H. The van der Waals surface area contributed by atoms with E-state index in [9.17, 15) is 4.39 Å². The molecule has 1 aliphatic rings. The van der Waals surface area contributed by atoms with Crippen molar-refractivity contribution in [2.45, 2.75) is 6.61 Å². The third kappa shape index (κ3) is 5.01. The van der Waals surface area contributed by atoms with Gasteiger partial charge in [0.15, 0.2) is 5.82 Å². The van der Waals surface area contributed by atoms with Crippen LogP contribution < -0.4 is 15.6 Å². The van der Waals surface area contributed by atoms with Gasteiger partial charge in [0.05, 0.1) is 11.0 Å². The zero-order chi connectivity index (χ0) is 19.5. The van der Waals surface area contributed by atoms with Gasteiger partial charge < -0.3 is 0 Å². The van der Waals surface area contributed by atoms with E-state index in [2.05, 4.69) is 27.6 Å². The second-order valence-electron chi connectivity index (χ2n) is 6.18. The van der Waals surface area contributed by atoms with Crippen LogP contribution in [0.5, 0.6) is 0 Å². The lowest BCUT2D eigenvalue weighted by Crippen LogP contribution is -2.44. The van der Waals surface area contributed by atoms with Crippen LogP contribution in [0.3, 0.4) is 0 Å². The van der Waals surface area contributed by atoms with Gasteiger partial charge in [-0.2, -0.15) is 0 Å². The van der Waals surface area contributed by atoms with Crippen molar-refractivity contribution in [3.8, 4) is 0 Å². The lowest BCUT2D eigenvalue weighted by atomic mass is 10.2. The Labute approximate surface area is 192 Å². The summed E-state index contributed by atoms with van der Waals surface area (Å²) in [6.45, 7) is 0.494. The van der Waals surface area contributed by atoms with Crippen molar-refractivity contribution in [2.24, 2.45) is 4.99 Å². The molecule has 3 aromatic carbocycles. The molecule has 0 fully saturated rings. The van der Waals surface area contributed by atoms with E-state index in [0.29, 0.717) is 12.5 Å². The summed E-state index contributed by atoms with van der Waals surface area (Å²) in [6, 6.07) is 22.0. The van der Waals surface area contributed by atoms with Gasteiger partial charge in [-0.1, -0.05) is 30.3 Å². The van der Waals surface area contributed by atoms with Crippen LogP contribution in [-0.4, -0.2) is 11.1 Å². The van der Waals surface area contributed by atoms with E-state index in [-0.39, 0.29) is 24.8 Å². The van der Waals surface area contributed by atoms with Crippen molar-refractivity contribution in [1.29, 1.82) is 0 Å². The normalized spacial score (nSPS) is 12.7. The molecule has 0 amide bonds. The van der Waals surface area contributed by atoms with Crippen molar-refractivity contribution in [2.75, 3.05) is 11.7 Å². The molecule has 4 rings (SSSR count). The summed E-state index contributed by atoms with van der Waals surface area (Å²) in [4.78, 5) is 10.6. The third-order valence-corrected chi connectivity index (χ3v) is 5.16. The molecule has 8 heteroatoms. The predicted molar refractivity (Wildman–Crippen MR) is 123 cm³/mol. The molecule has 0 bridgehead atoms. The maximum atomic E-state index is 13.6. The first-order chi connectivity index (χ1) is 13.6. The molecule has 0 saturated heterocycles. The molecule has 0 aliphatic carbocycles. The summed E-state index contributed by atoms with van der Waals surface area (Å²) in [5, 5.41) is 3.40. The first kappa shape index (κ1) is 21.8. The summed E-state index contributed by atoms with van der Waals surface area (Å²) in [7, 11) is 0. The van der Waals surface area contributed by atoms with Gasteiger partial charge in [0.1, 0.15) is 19.1 Å². The average Bonchev–Trinajstić information content (AvgIpc) is 2.70. The molecule has 0 N–H and O–H groups in total. The molecule has 29 heavy (non-hydrogen) atoms. The molecular formula is C21H17Cl2FIN3O. The summed E-state index contributed by atoms with van der Waals surface area (Å²) in [6.07, 6.45) is 0. The largest absolute Gasteiger partial charge is 0.262 e. The van der Waals surface area contributed by atoms with Gasteiger partial charge in [0.2, 0.25) is 0 Å². The van der Waals surface area contributed by atoms with E-state index in [1.807, 2.05) is 54.6 Å². The Kier molecular flexibility index (Phi) is 7.34. The number of rotatable bonds is 5. The van der Waals surface area contributed by atoms with Crippen LogP contribution in [0.2, 0.25) is 0 Å². The highest BCUT2D eigenvalue weighted by Crippen LogP contribution is 2.25. The van der Waals surface area contributed by atoms with E-state index < -0.39 is 0 Å². The van der Waals surface area contributed by atoms with Gasteiger partial charge in [-0.05, 0) is 70.6 Å². The second-order valence-corrected chi connectivity index (χ2v) is 7.83. The third-order valence-electron chi connectivity index (χ3n) is 4.23. The minimum absolute atomic E-state index is 0. The number of anilines is 1. The average molecular weight is 544 g/mol. The van der Waals surface area contributed by atoms with Crippen molar-refractivity contribution in [3.05, 3.63) is 98.3 Å². The molecule has 150 valence electrons. The molecule has 0 radical (unpaired) electrons. The Morgan fingerprint density at radius 3 is 2.62 bits per heavy atom.